The van der Waals surface area contributed by atoms with E-state index >= 15 is 0 Å². The zero-order valence-electron chi connectivity index (χ0n) is 18.2. The first-order valence-corrected chi connectivity index (χ1v) is 12.1. The van der Waals surface area contributed by atoms with Crippen LogP contribution in [-0.2, 0) is 22.5 Å². The van der Waals surface area contributed by atoms with E-state index in [9.17, 15) is 9.59 Å². The lowest BCUT2D eigenvalue weighted by Gasteiger charge is -2.25. The molecule has 0 bridgehead atoms. The summed E-state index contributed by atoms with van der Waals surface area (Å²) in [7, 11) is 0. The maximum absolute atomic E-state index is 12.2. The van der Waals surface area contributed by atoms with Crippen molar-refractivity contribution in [2.45, 2.75) is 32.4 Å². The first kappa shape index (κ1) is 22.2. The summed E-state index contributed by atoms with van der Waals surface area (Å²) in [5, 5.41) is 6.75. The summed E-state index contributed by atoms with van der Waals surface area (Å²) >= 11 is 7.96. The molecule has 3 aromatic rings. The van der Waals surface area contributed by atoms with Crippen LogP contribution in [0.4, 0.5) is 4.79 Å². The Morgan fingerprint density at radius 2 is 2.12 bits per heavy atom. The Bertz CT molecular complexity index is 1210. The maximum atomic E-state index is 12.2. The van der Waals surface area contributed by atoms with Crippen molar-refractivity contribution in [3.63, 3.8) is 0 Å². The lowest BCUT2D eigenvalue weighted by atomic mass is 9.94. The van der Waals surface area contributed by atoms with E-state index in [1.807, 2.05) is 18.2 Å². The minimum absolute atomic E-state index is 0.0808. The van der Waals surface area contributed by atoms with Crippen molar-refractivity contribution in [3.05, 3.63) is 45.6 Å². The van der Waals surface area contributed by atoms with Crippen LogP contribution in [0.15, 0.2) is 24.5 Å². The predicted octanol–water partition coefficient (Wildman–Crippen LogP) is 3.29. The molecule has 1 aromatic carbocycles. The van der Waals surface area contributed by atoms with Crippen molar-refractivity contribution >= 4 is 45.1 Å². The minimum atomic E-state index is -0.358. The van der Waals surface area contributed by atoms with Crippen LogP contribution in [0.25, 0.3) is 21.5 Å². The van der Waals surface area contributed by atoms with Crippen molar-refractivity contribution in [2.75, 3.05) is 26.2 Å². The Balaban J connectivity index is 1.53. The Morgan fingerprint density at radius 3 is 2.91 bits per heavy atom. The number of benzene rings is 1. The van der Waals surface area contributed by atoms with Crippen LogP contribution in [0.1, 0.15) is 22.4 Å². The number of fused-ring (bicyclic) bond motifs is 1. The number of aryl methyl sites for hydroxylation is 1. The van der Waals surface area contributed by atoms with Crippen LogP contribution in [0.5, 0.6) is 0 Å². The van der Waals surface area contributed by atoms with Crippen molar-refractivity contribution in [2.24, 2.45) is 0 Å². The molecule has 172 valence electrons. The predicted molar refractivity (Wildman–Crippen MR) is 127 cm³/mol. The number of amides is 3. The third-order valence-electron chi connectivity index (χ3n) is 5.97. The van der Waals surface area contributed by atoms with Gasteiger partial charge >= 0.3 is 6.03 Å². The fraction of sp³-hybridized carbons (Fsp3) is 0.391. The van der Waals surface area contributed by atoms with Gasteiger partial charge in [-0.05, 0) is 36.2 Å². The van der Waals surface area contributed by atoms with E-state index in [0.717, 1.165) is 57.0 Å². The molecule has 4 heterocycles. The molecule has 0 unspecified atom stereocenters. The number of carbonyl (C=O) groups is 2. The van der Waals surface area contributed by atoms with E-state index in [-0.39, 0.29) is 24.6 Å². The summed E-state index contributed by atoms with van der Waals surface area (Å²) in [5.74, 6) is -0.170. The fourth-order valence-electron chi connectivity index (χ4n) is 4.34. The molecule has 2 fully saturated rings. The summed E-state index contributed by atoms with van der Waals surface area (Å²) < 4.78 is 6.86. The molecule has 0 spiro atoms. The van der Waals surface area contributed by atoms with Gasteiger partial charge in [0.25, 0.3) is 0 Å². The van der Waals surface area contributed by atoms with Gasteiger partial charge in [-0.3, -0.25) is 9.69 Å². The molecule has 33 heavy (non-hydrogen) atoms. The highest BCUT2D eigenvalue weighted by molar-refractivity contribution is 7.19. The van der Waals surface area contributed by atoms with Crippen LogP contribution >= 0.6 is 22.9 Å². The van der Waals surface area contributed by atoms with Gasteiger partial charge in [0.1, 0.15) is 6.33 Å². The minimum Gasteiger partial charge on any atom is -0.375 e. The summed E-state index contributed by atoms with van der Waals surface area (Å²) in [5.41, 5.74) is 4.78. The third kappa shape index (κ3) is 4.59. The van der Waals surface area contributed by atoms with Crippen molar-refractivity contribution in [1.29, 1.82) is 0 Å². The largest absolute Gasteiger partial charge is 0.375 e. The molecular weight excluding hydrogens is 462 g/mol. The number of urea groups is 1. The highest BCUT2D eigenvalue weighted by Crippen LogP contribution is 2.37. The molecule has 2 saturated heterocycles. The van der Waals surface area contributed by atoms with Gasteiger partial charge in [-0.1, -0.05) is 11.6 Å². The topological polar surface area (TPSA) is 96.5 Å². The Hall–Kier alpha value is -2.59. The number of ether oxygens (including phenoxy) is 1. The van der Waals surface area contributed by atoms with E-state index < -0.39 is 0 Å². The first-order valence-electron chi connectivity index (χ1n) is 10.9. The van der Waals surface area contributed by atoms with Crippen LogP contribution in [-0.4, -0.2) is 59.2 Å². The van der Waals surface area contributed by atoms with Crippen molar-refractivity contribution in [3.8, 4) is 11.3 Å². The number of nitrogens with one attached hydrogen (secondary N) is 2. The number of carbonyl (C=O) groups excluding carboxylic acids is 2. The van der Waals surface area contributed by atoms with Gasteiger partial charge in [-0.15, -0.1) is 11.3 Å². The number of hydrogen-bond donors (Lipinski definition) is 2. The number of imide groups is 1. The lowest BCUT2D eigenvalue weighted by Crippen LogP contribution is -2.49. The fourth-order valence-corrected chi connectivity index (χ4v) is 5.72. The van der Waals surface area contributed by atoms with E-state index in [1.54, 1.807) is 6.33 Å². The van der Waals surface area contributed by atoms with Gasteiger partial charge in [0.2, 0.25) is 5.91 Å². The van der Waals surface area contributed by atoms with Gasteiger partial charge in [0, 0.05) is 47.9 Å². The molecule has 10 heteroatoms. The summed E-state index contributed by atoms with van der Waals surface area (Å²) in [6, 6.07) is 5.48. The standard InChI is InChI=1S/C23H24ClN5O3S/c1-13-6-14(24)7-18(17(13)8-15-10-25-4-5-32-15)21-22-19(27-12-28-21)9-16(33-22)11-29-20(30)2-3-26-23(29)31/h6-7,9,12,15,25H,2-5,8,10-11H2,1H3,(H,26,31)/t15-/m1/s1. The summed E-state index contributed by atoms with van der Waals surface area (Å²) in [6.45, 7) is 5.02. The van der Waals surface area contributed by atoms with Crippen LogP contribution in [0.3, 0.4) is 0 Å². The zero-order chi connectivity index (χ0) is 22.9. The Kier molecular flexibility index (Phi) is 6.29. The SMILES string of the molecule is Cc1cc(Cl)cc(-c2ncnc3cc(CN4C(=O)CCNC4=O)sc23)c1C[C@@H]1CNCCO1. The molecule has 2 N–H and O–H groups in total. The van der Waals surface area contributed by atoms with Crippen LogP contribution in [0.2, 0.25) is 5.02 Å². The second-order valence-corrected chi connectivity index (χ2v) is 9.83. The highest BCUT2D eigenvalue weighted by Gasteiger charge is 2.27. The Morgan fingerprint density at radius 1 is 1.24 bits per heavy atom. The lowest BCUT2D eigenvalue weighted by molar-refractivity contribution is -0.129. The van der Waals surface area contributed by atoms with E-state index in [1.165, 1.54) is 16.2 Å². The number of nitrogens with zero attached hydrogens (tertiary/aromatic N) is 3. The van der Waals surface area contributed by atoms with Gasteiger partial charge < -0.3 is 15.4 Å². The normalized spacial score (nSPS) is 19.2. The molecule has 0 radical (unpaired) electrons. The second kappa shape index (κ2) is 9.34. The molecule has 8 nitrogen and oxygen atoms in total. The molecule has 0 aliphatic carbocycles. The van der Waals surface area contributed by atoms with Crippen molar-refractivity contribution in [1.82, 2.24) is 25.5 Å². The third-order valence-corrected chi connectivity index (χ3v) is 7.30. The average Bonchev–Trinajstić information content (AvgIpc) is 3.22. The number of halogens is 1. The number of morpholine rings is 1. The van der Waals surface area contributed by atoms with Gasteiger partial charge in [-0.2, -0.15) is 0 Å². The zero-order valence-corrected chi connectivity index (χ0v) is 19.8. The van der Waals surface area contributed by atoms with E-state index in [2.05, 4.69) is 27.5 Å². The summed E-state index contributed by atoms with van der Waals surface area (Å²) in [4.78, 5) is 35.6. The Labute approximate surface area is 200 Å². The molecule has 1 atom stereocenters. The summed E-state index contributed by atoms with van der Waals surface area (Å²) in [6.07, 6.45) is 2.69. The van der Waals surface area contributed by atoms with E-state index in [4.69, 9.17) is 16.3 Å². The van der Waals surface area contributed by atoms with Crippen LogP contribution < -0.4 is 10.6 Å². The molecule has 5 rings (SSSR count). The molecule has 3 amide bonds. The van der Waals surface area contributed by atoms with Crippen molar-refractivity contribution < 1.29 is 14.3 Å². The first-order chi connectivity index (χ1) is 16.0. The van der Waals surface area contributed by atoms with Crippen LogP contribution in [0, 0.1) is 6.92 Å². The average molecular weight is 486 g/mol. The molecule has 2 aliphatic rings. The number of hydrogen-bond acceptors (Lipinski definition) is 7. The molecule has 2 aromatic heterocycles. The number of rotatable bonds is 5. The monoisotopic (exact) mass is 485 g/mol. The second-order valence-electron chi connectivity index (χ2n) is 8.26. The molecule has 0 saturated carbocycles. The smallest absolute Gasteiger partial charge is 0.324 e. The van der Waals surface area contributed by atoms with Gasteiger partial charge in [-0.25, -0.2) is 14.8 Å². The van der Waals surface area contributed by atoms with Gasteiger partial charge in [0.05, 0.1) is 35.2 Å². The number of thiophene rings is 1. The maximum Gasteiger partial charge on any atom is 0.324 e. The highest BCUT2D eigenvalue weighted by atomic mass is 35.5. The van der Waals surface area contributed by atoms with E-state index in [0.29, 0.717) is 24.6 Å². The van der Waals surface area contributed by atoms with Gasteiger partial charge in [0.15, 0.2) is 0 Å². The molecule has 2 aliphatic heterocycles. The quantitative estimate of drug-likeness (QED) is 0.575. The molecular formula is C23H24ClN5O3S. The number of aromatic nitrogens is 2.